The van der Waals surface area contributed by atoms with Crippen LogP contribution in [0.2, 0.25) is 0 Å². The molecule has 7 nitrogen and oxygen atoms in total. The molecule has 0 aliphatic rings. The fourth-order valence-electron chi connectivity index (χ4n) is 2.27. The smallest absolute Gasteiger partial charge is 0.413 e. The van der Waals surface area contributed by atoms with E-state index in [1.165, 1.54) is 7.11 Å². The first-order valence-corrected chi connectivity index (χ1v) is 8.83. The molecule has 2 N–H and O–H groups in total. The lowest BCUT2D eigenvalue weighted by Gasteiger charge is -2.11. The number of nitrogens with one attached hydrogen (secondary N) is 2. The fraction of sp³-hybridized carbons (Fsp3) is 0.176. The molecule has 1 atom stereocenters. The molecular weight excluding hydrogens is 342 g/mol. The van der Waals surface area contributed by atoms with Crippen LogP contribution in [0, 0.1) is 0 Å². The van der Waals surface area contributed by atoms with E-state index in [-0.39, 0.29) is 11.9 Å². The van der Waals surface area contributed by atoms with Gasteiger partial charge in [-0.2, -0.15) is 0 Å². The van der Waals surface area contributed by atoms with Crippen LogP contribution < -0.4 is 5.32 Å². The van der Waals surface area contributed by atoms with Gasteiger partial charge in [0.05, 0.1) is 19.2 Å². The topological polar surface area (TPSA) is 99.3 Å². The molecule has 0 bridgehead atoms. The second-order valence-electron chi connectivity index (χ2n) is 5.15. The maximum Gasteiger partial charge on any atom is 0.413 e. The first-order valence-electron chi connectivity index (χ1n) is 7.51. The molecule has 3 rings (SSSR count). The highest BCUT2D eigenvalue weighted by atomic mass is 32.2. The number of imidazole rings is 1. The summed E-state index contributed by atoms with van der Waals surface area (Å²) in [4.78, 5) is 19.0. The number of rotatable bonds is 6. The molecule has 0 aliphatic heterocycles. The van der Waals surface area contributed by atoms with Crippen LogP contribution in [0.4, 0.5) is 10.7 Å². The van der Waals surface area contributed by atoms with E-state index < -0.39 is 17.3 Å². The summed E-state index contributed by atoms with van der Waals surface area (Å²) < 4.78 is 22.6. The van der Waals surface area contributed by atoms with Gasteiger partial charge in [-0.1, -0.05) is 36.4 Å². The number of para-hydroxylation sites is 1. The van der Waals surface area contributed by atoms with Crippen molar-refractivity contribution in [2.45, 2.75) is 11.5 Å². The van der Waals surface area contributed by atoms with E-state index in [4.69, 9.17) is 4.74 Å². The second kappa shape index (κ2) is 8.02. The van der Waals surface area contributed by atoms with Gasteiger partial charge in [-0.05, 0) is 17.7 Å². The van der Waals surface area contributed by atoms with Crippen LogP contribution in [0.25, 0.3) is 11.0 Å². The van der Waals surface area contributed by atoms with Crippen molar-refractivity contribution in [1.29, 1.82) is 0 Å². The number of benzene rings is 2. The highest BCUT2D eigenvalue weighted by Crippen LogP contribution is 2.24. The number of aromatic amines is 1. The minimum absolute atomic E-state index is 0.0562. The summed E-state index contributed by atoms with van der Waals surface area (Å²) in [5.41, 5.74) is 2.21. The van der Waals surface area contributed by atoms with Gasteiger partial charge in [-0.3, -0.25) is 5.32 Å². The number of nitrogens with zero attached hydrogens (tertiary/aromatic N) is 1. The highest BCUT2D eigenvalue weighted by Gasteiger charge is 2.19. The largest absolute Gasteiger partial charge is 0.610 e. The Morgan fingerprint density at radius 2 is 2.04 bits per heavy atom. The number of aromatic nitrogens is 2. The third-order valence-corrected chi connectivity index (χ3v) is 4.63. The maximum atomic E-state index is 12.6. The van der Waals surface area contributed by atoms with E-state index in [0.29, 0.717) is 22.5 Å². The highest BCUT2D eigenvalue weighted by molar-refractivity contribution is 7.91. The molecule has 3 aromatic rings. The number of ether oxygens (including phenoxy) is 2. The average Bonchev–Trinajstić information content (AvgIpc) is 3.04. The molecule has 1 amide bonds. The maximum absolute atomic E-state index is 12.6. The zero-order valence-corrected chi connectivity index (χ0v) is 14.3. The molecule has 0 radical (unpaired) electrons. The molecule has 0 fully saturated rings. The zero-order valence-electron chi connectivity index (χ0n) is 13.5. The van der Waals surface area contributed by atoms with E-state index in [2.05, 4.69) is 20.0 Å². The van der Waals surface area contributed by atoms with Gasteiger partial charge < -0.3 is 19.0 Å². The lowest BCUT2D eigenvalue weighted by molar-refractivity contribution is 0.163. The Morgan fingerprint density at radius 1 is 1.24 bits per heavy atom. The number of hydrogen-bond donors (Lipinski definition) is 2. The van der Waals surface area contributed by atoms with E-state index in [1.807, 2.05) is 30.3 Å². The normalized spacial score (nSPS) is 12.1. The van der Waals surface area contributed by atoms with Crippen molar-refractivity contribution >= 4 is 34.3 Å². The lowest BCUT2D eigenvalue weighted by atomic mass is 10.2. The summed E-state index contributed by atoms with van der Waals surface area (Å²) in [6.07, 6.45) is -0.632. The fourth-order valence-corrected chi connectivity index (χ4v) is 3.23. The van der Waals surface area contributed by atoms with Gasteiger partial charge in [0.1, 0.15) is 5.52 Å². The van der Waals surface area contributed by atoms with Gasteiger partial charge in [-0.15, -0.1) is 0 Å². The Balaban J connectivity index is 1.70. The first-order chi connectivity index (χ1) is 12.2. The molecule has 1 heterocycles. The summed E-state index contributed by atoms with van der Waals surface area (Å²) in [5, 5.41) is 2.45. The summed E-state index contributed by atoms with van der Waals surface area (Å²) in [6.45, 7) is 0.387. The van der Waals surface area contributed by atoms with E-state index in [0.717, 1.165) is 5.56 Å². The standard InChI is InChI=1S/C17H17N3O4S/c1-23-17(21)20-16-18-13-8-5-9-14(15(13)19-16)25(22)11-24-10-12-6-3-2-4-7-12/h2-9H,10-11H2,1H3,(H2,18,19,20,21). The molecule has 0 saturated carbocycles. The molecule has 1 unspecified atom stereocenters. The third-order valence-electron chi connectivity index (χ3n) is 3.43. The van der Waals surface area contributed by atoms with Crippen molar-refractivity contribution in [3.63, 3.8) is 0 Å². The number of hydrogen-bond acceptors (Lipinski definition) is 5. The molecule has 0 spiro atoms. The van der Waals surface area contributed by atoms with Crippen LogP contribution in [0.5, 0.6) is 0 Å². The average molecular weight is 359 g/mol. The first kappa shape index (κ1) is 17.3. The predicted molar refractivity (Wildman–Crippen MR) is 94.6 cm³/mol. The van der Waals surface area contributed by atoms with Gasteiger partial charge in [0.25, 0.3) is 0 Å². The number of anilines is 1. The number of carbonyl (C=O) groups is 1. The lowest BCUT2D eigenvalue weighted by Crippen LogP contribution is -2.12. The Hall–Kier alpha value is -2.55. The second-order valence-corrected chi connectivity index (χ2v) is 6.52. The van der Waals surface area contributed by atoms with Crippen LogP contribution in [-0.2, 0) is 27.3 Å². The number of fused-ring (bicyclic) bond motifs is 1. The van der Waals surface area contributed by atoms with Crippen LogP contribution in [-0.4, -0.2) is 33.7 Å². The van der Waals surface area contributed by atoms with E-state index in [9.17, 15) is 9.35 Å². The quantitative estimate of drug-likeness (QED) is 0.659. The Labute approximate surface area is 147 Å². The van der Waals surface area contributed by atoms with Gasteiger partial charge in [0.15, 0.2) is 4.90 Å². The van der Waals surface area contributed by atoms with Crippen molar-refractivity contribution < 1.29 is 18.8 Å². The number of methoxy groups -OCH3 is 1. The molecule has 130 valence electrons. The molecule has 25 heavy (non-hydrogen) atoms. The number of amides is 1. The van der Waals surface area contributed by atoms with Crippen LogP contribution in [0.3, 0.4) is 0 Å². The number of H-pyrrole nitrogens is 1. The van der Waals surface area contributed by atoms with E-state index >= 15 is 0 Å². The number of carbonyl (C=O) groups excluding carboxylic acids is 1. The predicted octanol–water partition coefficient (Wildman–Crippen LogP) is 3.02. The van der Waals surface area contributed by atoms with Crippen molar-refractivity contribution in [1.82, 2.24) is 9.97 Å². The molecule has 1 aromatic heterocycles. The summed E-state index contributed by atoms with van der Waals surface area (Å²) in [7, 11) is 1.27. The Morgan fingerprint density at radius 3 is 2.80 bits per heavy atom. The summed E-state index contributed by atoms with van der Waals surface area (Å²) in [5.74, 6) is 0.289. The monoisotopic (exact) mass is 359 g/mol. The van der Waals surface area contributed by atoms with Crippen molar-refractivity contribution in [2.75, 3.05) is 18.4 Å². The zero-order chi connectivity index (χ0) is 17.6. The molecular formula is C17H17N3O4S. The summed E-state index contributed by atoms with van der Waals surface area (Å²) >= 11 is -1.38. The van der Waals surface area contributed by atoms with Gasteiger partial charge >= 0.3 is 6.09 Å². The summed E-state index contributed by atoms with van der Waals surface area (Å²) in [6, 6.07) is 15.0. The molecule has 0 aliphatic carbocycles. The van der Waals surface area contributed by atoms with Gasteiger partial charge in [0.2, 0.25) is 11.9 Å². The van der Waals surface area contributed by atoms with Gasteiger partial charge in [0, 0.05) is 11.2 Å². The minimum atomic E-state index is -1.38. The van der Waals surface area contributed by atoms with Crippen molar-refractivity contribution in [2.24, 2.45) is 0 Å². The van der Waals surface area contributed by atoms with Crippen molar-refractivity contribution in [3.8, 4) is 0 Å². The van der Waals surface area contributed by atoms with E-state index in [1.54, 1.807) is 18.2 Å². The SMILES string of the molecule is COC(=O)Nc1nc2c([S+]([O-])COCc3ccccc3)cccc2[nH]1. The van der Waals surface area contributed by atoms with Gasteiger partial charge in [-0.25, -0.2) is 9.78 Å². The Kier molecular flexibility index (Phi) is 5.54. The third kappa shape index (κ3) is 4.30. The minimum Gasteiger partial charge on any atom is -0.610 e. The molecule has 0 saturated heterocycles. The van der Waals surface area contributed by atoms with Crippen molar-refractivity contribution in [3.05, 3.63) is 54.1 Å². The molecule has 2 aromatic carbocycles. The Bertz CT molecular complexity index is 853. The van der Waals surface area contributed by atoms with Crippen LogP contribution >= 0.6 is 0 Å². The molecule has 8 heteroatoms. The van der Waals surface area contributed by atoms with Crippen LogP contribution in [0.1, 0.15) is 5.56 Å². The van der Waals surface area contributed by atoms with Crippen LogP contribution in [0.15, 0.2) is 53.4 Å².